The first-order valence-electron chi connectivity index (χ1n) is 12.1. The number of amides is 1. The predicted molar refractivity (Wildman–Crippen MR) is 135 cm³/mol. The monoisotopic (exact) mass is 498 g/mol. The second-order valence-corrected chi connectivity index (χ2v) is 9.06. The minimum Gasteiger partial charge on any atom is -0.507 e. The van der Waals surface area contributed by atoms with Crippen molar-refractivity contribution >= 4 is 29.1 Å². The Morgan fingerprint density at radius 3 is 2.29 bits per heavy atom. The van der Waals surface area contributed by atoms with E-state index in [9.17, 15) is 14.7 Å². The van der Waals surface area contributed by atoms with Crippen molar-refractivity contribution in [2.45, 2.75) is 32.7 Å². The molecule has 35 heavy (non-hydrogen) atoms. The standard InChI is InChI=1S/C27H31ClN2O5/c1-3-34-21-12-9-19(17-22(21)35-4-2)24-23(25(31)18-7-10-20(28)11-8-18)26(32)27(33)30(24)16-15-29-13-5-6-14-29/h7-12,17,24,31H,3-6,13-16H2,1-2H3/b25-23+. The lowest BCUT2D eigenvalue weighted by molar-refractivity contribution is -0.140. The molecule has 0 radical (unpaired) electrons. The Bertz CT molecular complexity index is 1110. The van der Waals surface area contributed by atoms with Gasteiger partial charge >= 0.3 is 0 Å². The molecule has 8 heteroatoms. The van der Waals surface area contributed by atoms with Crippen LogP contribution in [0.5, 0.6) is 11.5 Å². The lowest BCUT2D eigenvalue weighted by Crippen LogP contribution is -2.37. The summed E-state index contributed by atoms with van der Waals surface area (Å²) in [5.41, 5.74) is 1.16. The van der Waals surface area contributed by atoms with Gasteiger partial charge in [0.1, 0.15) is 5.76 Å². The van der Waals surface area contributed by atoms with Gasteiger partial charge in [0, 0.05) is 23.7 Å². The predicted octanol–water partition coefficient (Wildman–Crippen LogP) is 4.65. The zero-order valence-electron chi connectivity index (χ0n) is 20.1. The maximum Gasteiger partial charge on any atom is 0.295 e. The van der Waals surface area contributed by atoms with Gasteiger partial charge in [0.15, 0.2) is 11.5 Å². The largest absolute Gasteiger partial charge is 0.507 e. The summed E-state index contributed by atoms with van der Waals surface area (Å²) >= 11 is 6.01. The van der Waals surface area contributed by atoms with Crippen molar-refractivity contribution in [1.29, 1.82) is 0 Å². The van der Waals surface area contributed by atoms with Gasteiger partial charge in [-0.05, 0) is 81.7 Å². The first kappa shape index (κ1) is 25.1. The molecule has 1 amide bonds. The average Bonchev–Trinajstić information content (AvgIpc) is 3.46. The number of hydrogen-bond acceptors (Lipinski definition) is 6. The molecule has 1 atom stereocenters. The third-order valence-corrected chi connectivity index (χ3v) is 6.65. The average molecular weight is 499 g/mol. The molecule has 0 aliphatic carbocycles. The number of aliphatic hydroxyl groups is 1. The number of benzene rings is 2. The molecule has 2 fully saturated rings. The normalized spacial score (nSPS) is 20.0. The summed E-state index contributed by atoms with van der Waals surface area (Å²) in [6.45, 7) is 7.69. The lowest BCUT2D eigenvalue weighted by Gasteiger charge is -2.28. The van der Waals surface area contributed by atoms with Crippen molar-refractivity contribution in [3.05, 3.63) is 64.2 Å². The quantitative estimate of drug-likeness (QED) is 0.308. The molecule has 0 saturated carbocycles. The minimum absolute atomic E-state index is 0.0605. The van der Waals surface area contributed by atoms with Crippen LogP contribution in [0.15, 0.2) is 48.0 Å². The molecule has 2 heterocycles. The minimum atomic E-state index is -0.747. The second kappa shape index (κ2) is 11.1. The van der Waals surface area contributed by atoms with Gasteiger partial charge < -0.3 is 24.4 Å². The molecular formula is C27H31ClN2O5. The Balaban J connectivity index is 1.79. The number of nitrogens with zero attached hydrogens (tertiary/aromatic N) is 2. The summed E-state index contributed by atoms with van der Waals surface area (Å²) in [5, 5.41) is 11.7. The number of ketones is 1. The number of rotatable bonds is 9. The van der Waals surface area contributed by atoms with Crippen LogP contribution >= 0.6 is 11.6 Å². The fraction of sp³-hybridized carbons (Fsp3) is 0.407. The van der Waals surface area contributed by atoms with Crippen LogP contribution in [0, 0.1) is 0 Å². The van der Waals surface area contributed by atoms with E-state index in [1.54, 1.807) is 41.3 Å². The summed E-state index contributed by atoms with van der Waals surface area (Å²) in [4.78, 5) is 30.3. The maximum absolute atomic E-state index is 13.3. The highest BCUT2D eigenvalue weighted by atomic mass is 35.5. The van der Waals surface area contributed by atoms with Crippen LogP contribution in [0.25, 0.3) is 5.76 Å². The molecule has 0 spiro atoms. The number of halogens is 1. The summed E-state index contributed by atoms with van der Waals surface area (Å²) < 4.78 is 11.5. The van der Waals surface area contributed by atoms with E-state index in [0.29, 0.717) is 54.0 Å². The summed E-state index contributed by atoms with van der Waals surface area (Å²) in [7, 11) is 0. The van der Waals surface area contributed by atoms with Crippen LogP contribution < -0.4 is 9.47 Å². The van der Waals surface area contributed by atoms with Crippen LogP contribution in [0.3, 0.4) is 0 Å². The summed E-state index contributed by atoms with van der Waals surface area (Å²) in [6.07, 6.45) is 2.27. The first-order valence-corrected chi connectivity index (χ1v) is 12.5. The molecule has 2 saturated heterocycles. The molecule has 2 aliphatic rings. The number of likely N-dealkylation sites (tertiary alicyclic amines) is 2. The van der Waals surface area contributed by atoms with Gasteiger partial charge in [0.2, 0.25) is 0 Å². The number of Topliss-reactive ketones (excluding diaryl/α,β-unsaturated/α-hetero) is 1. The van der Waals surface area contributed by atoms with Crippen LogP contribution in [-0.2, 0) is 9.59 Å². The van der Waals surface area contributed by atoms with Gasteiger partial charge in [0.05, 0.1) is 24.8 Å². The van der Waals surface area contributed by atoms with Gasteiger partial charge in [-0.25, -0.2) is 0 Å². The molecule has 2 aromatic carbocycles. The van der Waals surface area contributed by atoms with E-state index < -0.39 is 17.7 Å². The van der Waals surface area contributed by atoms with Crippen molar-refractivity contribution in [2.24, 2.45) is 0 Å². The first-order chi connectivity index (χ1) is 16.9. The molecule has 4 rings (SSSR count). The van der Waals surface area contributed by atoms with E-state index in [1.807, 2.05) is 19.9 Å². The Morgan fingerprint density at radius 1 is 0.971 bits per heavy atom. The number of carbonyl (C=O) groups excluding carboxylic acids is 2. The molecule has 0 bridgehead atoms. The highest BCUT2D eigenvalue weighted by molar-refractivity contribution is 6.46. The van der Waals surface area contributed by atoms with Crippen LogP contribution in [0.4, 0.5) is 0 Å². The van der Waals surface area contributed by atoms with Crippen molar-refractivity contribution < 1.29 is 24.2 Å². The third-order valence-electron chi connectivity index (χ3n) is 6.40. The van der Waals surface area contributed by atoms with E-state index >= 15 is 0 Å². The van der Waals surface area contributed by atoms with E-state index in [1.165, 1.54) is 0 Å². The van der Waals surface area contributed by atoms with Crippen LogP contribution in [-0.4, -0.2) is 66.0 Å². The summed E-state index contributed by atoms with van der Waals surface area (Å²) in [6, 6.07) is 11.2. The van der Waals surface area contributed by atoms with Crippen molar-refractivity contribution in [3.63, 3.8) is 0 Å². The van der Waals surface area contributed by atoms with Crippen LogP contribution in [0.1, 0.15) is 43.9 Å². The smallest absolute Gasteiger partial charge is 0.295 e. The zero-order chi connectivity index (χ0) is 24.9. The van der Waals surface area contributed by atoms with E-state index in [0.717, 1.165) is 25.9 Å². The topological polar surface area (TPSA) is 79.3 Å². The SMILES string of the molecule is CCOc1ccc(C2/C(=C(\O)c3ccc(Cl)cc3)C(=O)C(=O)N2CCN2CCCC2)cc1OCC. The molecule has 0 aromatic heterocycles. The molecule has 2 aromatic rings. The molecule has 186 valence electrons. The Labute approximate surface area is 210 Å². The highest BCUT2D eigenvalue weighted by Gasteiger charge is 2.46. The van der Waals surface area contributed by atoms with Gasteiger partial charge in [-0.1, -0.05) is 17.7 Å². The molecule has 7 nitrogen and oxygen atoms in total. The van der Waals surface area contributed by atoms with Gasteiger partial charge in [-0.2, -0.15) is 0 Å². The van der Waals surface area contributed by atoms with Gasteiger partial charge in [-0.3, -0.25) is 9.59 Å². The van der Waals surface area contributed by atoms with Gasteiger partial charge in [0.25, 0.3) is 11.7 Å². The number of ether oxygens (including phenoxy) is 2. The van der Waals surface area contributed by atoms with Gasteiger partial charge in [-0.15, -0.1) is 0 Å². The molecule has 1 N–H and O–H groups in total. The number of aliphatic hydroxyl groups excluding tert-OH is 1. The Morgan fingerprint density at radius 2 is 1.63 bits per heavy atom. The fourth-order valence-electron chi connectivity index (χ4n) is 4.71. The van der Waals surface area contributed by atoms with Crippen molar-refractivity contribution in [2.75, 3.05) is 39.4 Å². The van der Waals surface area contributed by atoms with E-state index in [2.05, 4.69) is 4.90 Å². The second-order valence-electron chi connectivity index (χ2n) is 8.62. The fourth-order valence-corrected chi connectivity index (χ4v) is 4.84. The maximum atomic E-state index is 13.3. The summed E-state index contributed by atoms with van der Waals surface area (Å²) in [5.74, 6) is -0.416. The molecular weight excluding hydrogens is 468 g/mol. The highest BCUT2D eigenvalue weighted by Crippen LogP contribution is 2.42. The van der Waals surface area contributed by atoms with Crippen molar-refractivity contribution in [1.82, 2.24) is 9.80 Å². The lowest BCUT2D eigenvalue weighted by atomic mass is 9.95. The number of hydrogen-bond donors (Lipinski definition) is 1. The van der Waals surface area contributed by atoms with Crippen molar-refractivity contribution in [3.8, 4) is 11.5 Å². The third kappa shape index (κ3) is 5.31. The number of carbonyl (C=O) groups is 2. The van der Waals surface area contributed by atoms with Crippen LogP contribution in [0.2, 0.25) is 5.02 Å². The van der Waals surface area contributed by atoms with E-state index in [4.69, 9.17) is 21.1 Å². The van der Waals surface area contributed by atoms with E-state index in [-0.39, 0.29) is 11.3 Å². The Hall–Kier alpha value is -3.03. The molecule has 2 aliphatic heterocycles. The molecule has 1 unspecified atom stereocenters. The Kier molecular flexibility index (Phi) is 7.98. The zero-order valence-corrected chi connectivity index (χ0v) is 20.9.